The Morgan fingerprint density at radius 3 is 2.85 bits per heavy atom. The molecule has 4 nitrogen and oxygen atoms in total. The van der Waals surface area contributed by atoms with Gasteiger partial charge < -0.3 is 9.84 Å². The van der Waals surface area contributed by atoms with Gasteiger partial charge in [0.2, 0.25) is 5.89 Å². The van der Waals surface area contributed by atoms with E-state index in [2.05, 4.69) is 29.3 Å². The highest BCUT2D eigenvalue weighted by molar-refractivity contribution is 4.84. The summed E-state index contributed by atoms with van der Waals surface area (Å²) in [5, 5.41) is 7.18. The van der Waals surface area contributed by atoms with Crippen LogP contribution in [-0.4, -0.2) is 22.7 Å². The van der Waals surface area contributed by atoms with E-state index in [4.69, 9.17) is 4.52 Å². The molecular formula is C9H17N3O. The third kappa shape index (κ3) is 3.55. The summed E-state index contributed by atoms with van der Waals surface area (Å²) in [4.78, 5) is 4.12. The summed E-state index contributed by atoms with van der Waals surface area (Å²) in [6.07, 6.45) is 1.98. The van der Waals surface area contributed by atoms with E-state index in [1.54, 1.807) is 6.92 Å². The summed E-state index contributed by atoms with van der Waals surface area (Å²) >= 11 is 0. The number of nitrogens with one attached hydrogen (secondary N) is 1. The van der Waals surface area contributed by atoms with Crippen LogP contribution in [0.5, 0.6) is 0 Å². The van der Waals surface area contributed by atoms with Crippen molar-refractivity contribution >= 4 is 0 Å². The molecule has 0 aliphatic heterocycles. The lowest BCUT2D eigenvalue weighted by atomic mass is 10.2. The predicted octanol–water partition coefficient (Wildman–Crippen LogP) is 1.31. The summed E-state index contributed by atoms with van der Waals surface area (Å²) in [6, 6.07) is 0.563. The average molecular weight is 183 g/mol. The Bertz CT molecular complexity index is 247. The van der Waals surface area contributed by atoms with Gasteiger partial charge in [-0.1, -0.05) is 12.1 Å². The Morgan fingerprint density at radius 1 is 1.54 bits per heavy atom. The maximum atomic E-state index is 4.86. The maximum Gasteiger partial charge on any atom is 0.223 e. The Kier molecular flexibility index (Phi) is 3.89. The monoisotopic (exact) mass is 183 g/mol. The summed E-state index contributed by atoms with van der Waals surface area (Å²) in [5.74, 6) is 1.42. The predicted molar refractivity (Wildman–Crippen MR) is 50.5 cm³/mol. The van der Waals surface area contributed by atoms with Crippen LogP contribution in [0.2, 0.25) is 0 Å². The minimum absolute atomic E-state index is 0.563. The van der Waals surface area contributed by atoms with Crippen molar-refractivity contribution in [2.24, 2.45) is 0 Å². The fraction of sp³-hybridized carbons (Fsp3) is 0.778. The first-order valence-corrected chi connectivity index (χ1v) is 4.75. The Hall–Kier alpha value is -0.900. The highest BCUT2D eigenvalue weighted by Gasteiger charge is 2.02. The van der Waals surface area contributed by atoms with Crippen LogP contribution in [0.4, 0.5) is 0 Å². The van der Waals surface area contributed by atoms with Crippen LogP contribution < -0.4 is 5.32 Å². The molecule has 1 aromatic heterocycles. The molecule has 0 aromatic carbocycles. The van der Waals surface area contributed by atoms with Crippen molar-refractivity contribution in [3.05, 3.63) is 11.7 Å². The third-order valence-corrected chi connectivity index (χ3v) is 2.02. The smallest absolute Gasteiger partial charge is 0.223 e. The van der Waals surface area contributed by atoms with Gasteiger partial charge in [0, 0.05) is 25.9 Å². The molecule has 1 heterocycles. The van der Waals surface area contributed by atoms with Crippen LogP contribution in [0.15, 0.2) is 4.52 Å². The molecule has 0 bridgehead atoms. The Morgan fingerprint density at radius 2 is 2.31 bits per heavy atom. The molecule has 4 heteroatoms. The fourth-order valence-corrected chi connectivity index (χ4v) is 1.02. The van der Waals surface area contributed by atoms with Crippen LogP contribution in [0.1, 0.15) is 32.0 Å². The van der Waals surface area contributed by atoms with Crippen LogP contribution in [-0.2, 0) is 6.42 Å². The number of aryl methyl sites for hydroxylation is 1. The van der Waals surface area contributed by atoms with E-state index in [9.17, 15) is 0 Å². The van der Waals surface area contributed by atoms with Crippen molar-refractivity contribution in [3.63, 3.8) is 0 Å². The van der Waals surface area contributed by atoms with Gasteiger partial charge in [0.15, 0.2) is 5.82 Å². The maximum absolute atomic E-state index is 4.86. The Labute approximate surface area is 78.7 Å². The van der Waals surface area contributed by atoms with Gasteiger partial charge in [-0.2, -0.15) is 4.98 Å². The van der Waals surface area contributed by atoms with Crippen LogP contribution in [0.25, 0.3) is 0 Å². The third-order valence-electron chi connectivity index (χ3n) is 2.02. The lowest BCUT2D eigenvalue weighted by Crippen LogP contribution is -2.27. The quantitative estimate of drug-likeness (QED) is 0.747. The zero-order valence-corrected chi connectivity index (χ0v) is 8.50. The van der Waals surface area contributed by atoms with Gasteiger partial charge in [0.1, 0.15) is 0 Å². The molecule has 0 spiro atoms. The van der Waals surface area contributed by atoms with Gasteiger partial charge in [0.25, 0.3) is 0 Å². The van der Waals surface area contributed by atoms with E-state index in [0.717, 1.165) is 25.2 Å². The highest BCUT2D eigenvalue weighted by atomic mass is 16.5. The molecule has 1 aromatic rings. The van der Waals surface area contributed by atoms with Crippen LogP contribution >= 0.6 is 0 Å². The molecule has 1 atom stereocenters. The minimum Gasteiger partial charge on any atom is -0.340 e. The second-order valence-electron chi connectivity index (χ2n) is 3.24. The van der Waals surface area contributed by atoms with Crippen molar-refractivity contribution in [1.29, 1.82) is 0 Å². The molecule has 0 aliphatic carbocycles. The fourth-order valence-electron chi connectivity index (χ4n) is 1.02. The summed E-state index contributed by atoms with van der Waals surface area (Å²) in [5.41, 5.74) is 0. The second kappa shape index (κ2) is 4.97. The van der Waals surface area contributed by atoms with Gasteiger partial charge in [-0.25, -0.2) is 0 Å². The molecule has 74 valence electrons. The van der Waals surface area contributed by atoms with Crippen molar-refractivity contribution in [2.75, 3.05) is 6.54 Å². The zero-order chi connectivity index (χ0) is 9.68. The van der Waals surface area contributed by atoms with E-state index < -0.39 is 0 Å². The summed E-state index contributed by atoms with van der Waals surface area (Å²) in [7, 11) is 0. The molecular weight excluding hydrogens is 166 g/mol. The van der Waals surface area contributed by atoms with Gasteiger partial charge in [0.05, 0.1) is 0 Å². The lowest BCUT2D eigenvalue weighted by molar-refractivity contribution is 0.386. The molecule has 1 unspecified atom stereocenters. The van der Waals surface area contributed by atoms with Gasteiger partial charge in [-0.3, -0.25) is 0 Å². The zero-order valence-electron chi connectivity index (χ0n) is 8.50. The first-order valence-electron chi connectivity index (χ1n) is 4.75. The molecule has 0 aliphatic rings. The SMILES string of the molecule is CCC(C)NCCc1noc(C)n1. The number of hydrogen-bond acceptors (Lipinski definition) is 4. The van der Waals surface area contributed by atoms with E-state index in [0.29, 0.717) is 11.9 Å². The topological polar surface area (TPSA) is 51.0 Å². The van der Waals surface area contributed by atoms with Crippen molar-refractivity contribution in [1.82, 2.24) is 15.5 Å². The Balaban J connectivity index is 2.20. The van der Waals surface area contributed by atoms with Crippen molar-refractivity contribution in [3.8, 4) is 0 Å². The number of hydrogen-bond donors (Lipinski definition) is 1. The van der Waals surface area contributed by atoms with E-state index >= 15 is 0 Å². The van der Waals surface area contributed by atoms with Gasteiger partial charge in [-0.05, 0) is 13.3 Å². The molecule has 0 saturated carbocycles. The van der Waals surface area contributed by atoms with Crippen molar-refractivity contribution in [2.45, 2.75) is 39.7 Å². The van der Waals surface area contributed by atoms with Crippen LogP contribution in [0, 0.1) is 6.92 Å². The van der Waals surface area contributed by atoms with E-state index in [-0.39, 0.29) is 0 Å². The molecule has 1 N–H and O–H groups in total. The molecule has 0 radical (unpaired) electrons. The molecule has 0 fully saturated rings. The number of nitrogens with zero attached hydrogens (tertiary/aromatic N) is 2. The average Bonchev–Trinajstić information content (AvgIpc) is 2.51. The summed E-state index contributed by atoms with van der Waals surface area (Å²) in [6.45, 7) is 7.05. The van der Waals surface area contributed by atoms with E-state index in [1.165, 1.54) is 0 Å². The minimum atomic E-state index is 0.563. The number of rotatable bonds is 5. The first-order chi connectivity index (χ1) is 6.22. The van der Waals surface area contributed by atoms with Gasteiger partial charge in [-0.15, -0.1) is 0 Å². The normalized spacial score (nSPS) is 13.2. The van der Waals surface area contributed by atoms with Gasteiger partial charge >= 0.3 is 0 Å². The molecule has 0 saturated heterocycles. The standard InChI is InChI=1S/C9H17N3O/c1-4-7(2)10-6-5-9-11-8(3)13-12-9/h7,10H,4-6H2,1-3H3. The number of aromatic nitrogens is 2. The van der Waals surface area contributed by atoms with Crippen molar-refractivity contribution < 1.29 is 4.52 Å². The highest BCUT2D eigenvalue weighted by Crippen LogP contribution is 1.95. The second-order valence-corrected chi connectivity index (χ2v) is 3.24. The van der Waals surface area contributed by atoms with Crippen LogP contribution in [0.3, 0.4) is 0 Å². The summed E-state index contributed by atoms with van der Waals surface area (Å²) < 4.78 is 4.86. The largest absolute Gasteiger partial charge is 0.340 e. The molecule has 1 rings (SSSR count). The molecule has 13 heavy (non-hydrogen) atoms. The van der Waals surface area contributed by atoms with E-state index in [1.807, 2.05) is 0 Å². The lowest BCUT2D eigenvalue weighted by Gasteiger charge is -2.08. The first kappa shape index (κ1) is 10.2. The molecule has 0 amide bonds.